The molecule has 1 aromatic carbocycles. The molecular weight excluding hydrogens is 586 g/mol. The van der Waals surface area contributed by atoms with E-state index in [-0.39, 0.29) is 23.7 Å². The van der Waals surface area contributed by atoms with E-state index in [4.69, 9.17) is 14.5 Å². The van der Waals surface area contributed by atoms with Gasteiger partial charge < -0.3 is 20.1 Å². The van der Waals surface area contributed by atoms with E-state index in [0.717, 1.165) is 16.5 Å². The smallest absolute Gasteiger partial charge is 0.325 e. The molecule has 0 saturated carbocycles. The highest BCUT2D eigenvalue weighted by molar-refractivity contribution is 5.94. The van der Waals surface area contributed by atoms with Crippen molar-refractivity contribution in [3.8, 4) is 0 Å². The van der Waals surface area contributed by atoms with Crippen molar-refractivity contribution in [2.45, 2.75) is 91.5 Å². The van der Waals surface area contributed by atoms with Crippen molar-refractivity contribution >= 4 is 40.7 Å². The van der Waals surface area contributed by atoms with Gasteiger partial charge in [-0.15, -0.1) is 0 Å². The summed E-state index contributed by atoms with van der Waals surface area (Å²) in [5, 5.41) is 8.23. The second-order valence-corrected chi connectivity index (χ2v) is 13.5. The Bertz CT molecular complexity index is 1460. The Hall–Kier alpha value is -3.83. The highest BCUT2D eigenvalue weighted by Crippen LogP contribution is 2.25. The molecule has 1 fully saturated rings. The third kappa shape index (κ3) is 8.70. The number of carbonyl (C=O) groups is 4. The zero-order valence-corrected chi connectivity index (χ0v) is 28.1. The maximum Gasteiger partial charge on any atom is 0.325 e. The van der Waals surface area contributed by atoms with Crippen LogP contribution in [0.4, 0.5) is 0 Å². The number of cyclic esters (lactones) is 1. The lowest BCUT2D eigenvalue weighted by Crippen LogP contribution is -2.62. The van der Waals surface area contributed by atoms with E-state index in [1.54, 1.807) is 34.0 Å². The van der Waals surface area contributed by atoms with Crippen molar-refractivity contribution in [3.63, 3.8) is 0 Å². The summed E-state index contributed by atoms with van der Waals surface area (Å²) in [6.07, 6.45) is 5.17. The lowest BCUT2D eigenvalue weighted by Gasteiger charge is -2.36. The van der Waals surface area contributed by atoms with Gasteiger partial charge in [-0.2, -0.15) is 0 Å². The van der Waals surface area contributed by atoms with Gasteiger partial charge in [0, 0.05) is 25.6 Å². The molecule has 3 unspecified atom stereocenters. The van der Waals surface area contributed by atoms with Crippen molar-refractivity contribution in [3.05, 3.63) is 47.7 Å². The fraction of sp³-hybridized carbons (Fsp3) is 0.571. The number of nitrogens with one attached hydrogen (secondary N) is 3. The van der Waals surface area contributed by atoms with E-state index in [1.165, 1.54) is 5.01 Å². The number of hydrogen-bond donors (Lipinski definition) is 3. The molecule has 3 amide bonds. The number of hydrogen-bond acceptors (Lipinski definition) is 8. The zero-order valence-electron chi connectivity index (χ0n) is 28.1. The predicted molar refractivity (Wildman–Crippen MR) is 176 cm³/mol. The van der Waals surface area contributed by atoms with Crippen LogP contribution in [0.2, 0.25) is 0 Å². The summed E-state index contributed by atoms with van der Waals surface area (Å²) in [6, 6.07) is 7.10. The van der Waals surface area contributed by atoms with Crippen molar-refractivity contribution < 1.29 is 28.7 Å². The van der Waals surface area contributed by atoms with Gasteiger partial charge in [-0.1, -0.05) is 51.1 Å². The van der Waals surface area contributed by atoms with Crippen molar-refractivity contribution in [2.24, 2.45) is 17.3 Å². The van der Waals surface area contributed by atoms with Crippen LogP contribution in [-0.2, 0) is 28.7 Å². The average molecular weight is 636 g/mol. The predicted octanol–water partition coefficient (Wildman–Crippen LogP) is 4.08. The van der Waals surface area contributed by atoms with Crippen molar-refractivity contribution in [1.82, 2.24) is 26.1 Å². The Morgan fingerprint density at radius 1 is 1.09 bits per heavy atom. The number of ether oxygens (including phenoxy) is 2. The van der Waals surface area contributed by atoms with Crippen LogP contribution < -0.4 is 16.1 Å². The van der Waals surface area contributed by atoms with Crippen LogP contribution in [0.3, 0.4) is 0 Å². The number of fused-ring (bicyclic) bond motifs is 4. The van der Waals surface area contributed by atoms with Gasteiger partial charge in [-0.3, -0.25) is 24.2 Å². The van der Waals surface area contributed by atoms with E-state index in [2.05, 4.69) is 16.1 Å². The summed E-state index contributed by atoms with van der Waals surface area (Å²) in [4.78, 5) is 59.4. The summed E-state index contributed by atoms with van der Waals surface area (Å²) in [7, 11) is 1.62. The SMILES string of the molecule is COCCC(C)C[C@H]1NC(=O)C(C(C)C)NC(=O)C(C)(C)/C=C/c2ccc3ccc(nc3c2)[C@@H](C)OC(=O)C2CCCN(N2)C1=O. The number of rotatable bonds is 6. The fourth-order valence-corrected chi connectivity index (χ4v) is 5.66. The molecule has 2 aromatic rings. The standard InChI is InChI=1S/C35H49N5O6/c1-21(2)30-31(41)37-29(19-22(3)15-18-45-7)32(42)40-17-8-9-27(39-40)33(43)46-23(4)26-13-12-25-11-10-24(20-28(25)36-26)14-16-35(5,6)34(44)38-30/h10-14,16,20-23,27,29-30,39H,8-9,15,17-19H2,1-7H3,(H,37,41)(H,38,44)/b16-14+/t22?,23-,27?,29-,30?/m1/s1. The number of pyridine rings is 1. The second-order valence-electron chi connectivity index (χ2n) is 13.5. The summed E-state index contributed by atoms with van der Waals surface area (Å²) in [5.41, 5.74) is 4.29. The molecule has 46 heavy (non-hydrogen) atoms. The minimum Gasteiger partial charge on any atom is -0.455 e. The van der Waals surface area contributed by atoms with Crippen LogP contribution in [0, 0.1) is 17.3 Å². The largest absolute Gasteiger partial charge is 0.455 e. The molecule has 11 heteroatoms. The average Bonchev–Trinajstić information content (AvgIpc) is 3.03. The Kier molecular flexibility index (Phi) is 11.6. The molecule has 1 aromatic heterocycles. The molecule has 2 aliphatic heterocycles. The molecule has 250 valence electrons. The quantitative estimate of drug-likeness (QED) is 0.404. The van der Waals surface area contributed by atoms with Gasteiger partial charge in [-0.25, -0.2) is 10.4 Å². The molecule has 5 atom stereocenters. The molecular formula is C35H49N5O6. The molecule has 11 nitrogen and oxygen atoms in total. The molecule has 4 rings (SSSR count). The van der Waals surface area contributed by atoms with E-state index < -0.39 is 41.5 Å². The summed E-state index contributed by atoms with van der Waals surface area (Å²) >= 11 is 0. The summed E-state index contributed by atoms with van der Waals surface area (Å²) in [5.74, 6) is -1.78. The number of amides is 3. The van der Waals surface area contributed by atoms with Crippen LogP contribution in [-0.4, -0.2) is 72.1 Å². The Balaban J connectivity index is 1.71. The number of benzene rings is 1. The van der Waals surface area contributed by atoms with Crippen molar-refractivity contribution in [2.75, 3.05) is 20.3 Å². The van der Waals surface area contributed by atoms with E-state index in [0.29, 0.717) is 44.5 Å². The minimum atomic E-state index is -0.949. The number of hydrazine groups is 1. The first-order valence-electron chi connectivity index (χ1n) is 16.3. The van der Waals surface area contributed by atoms with Gasteiger partial charge in [0.15, 0.2) is 0 Å². The maximum atomic E-state index is 14.0. The lowest BCUT2D eigenvalue weighted by molar-refractivity contribution is -0.157. The van der Waals surface area contributed by atoms with Crippen LogP contribution in [0.15, 0.2) is 36.4 Å². The fourth-order valence-electron chi connectivity index (χ4n) is 5.66. The third-order valence-corrected chi connectivity index (χ3v) is 8.76. The topological polar surface area (TPSA) is 139 Å². The number of nitrogens with zero attached hydrogens (tertiary/aromatic N) is 2. The monoisotopic (exact) mass is 635 g/mol. The third-order valence-electron chi connectivity index (χ3n) is 8.76. The first-order valence-corrected chi connectivity index (χ1v) is 16.3. The van der Waals surface area contributed by atoms with E-state index in [1.807, 2.05) is 57.2 Å². The number of esters is 1. The molecule has 2 aliphatic rings. The zero-order chi connectivity index (χ0) is 33.6. The molecule has 5 bridgehead atoms. The van der Waals surface area contributed by atoms with Crippen LogP contribution in [0.5, 0.6) is 0 Å². The normalized spacial score (nSPS) is 26.0. The van der Waals surface area contributed by atoms with Gasteiger partial charge >= 0.3 is 5.97 Å². The molecule has 0 aliphatic carbocycles. The van der Waals surface area contributed by atoms with Gasteiger partial charge in [0.25, 0.3) is 5.91 Å². The highest BCUT2D eigenvalue weighted by Gasteiger charge is 2.37. The van der Waals surface area contributed by atoms with Crippen LogP contribution in [0.1, 0.15) is 84.6 Å². The summed E-state index contributed by atoms with van der Waals surface area (Å²) in [6.45, 7) is 12.0. The molecule has 3 heterocycles. The molecule has 3 N–H and O–H groups in total. The highest BCUT2D eigenvalue weighted by atomic mass is 16.5. The number of carbonyl (C=O) groups excluding carboxylic acids is 4. The Morgan fingerprint density at radius 2 is 1.83 bits per heavy atom. The Labute approximate surface area is 271 Å². The van der Waals surface area contributed by atoms with Gasteiger partial charge in [0.2, 0.25) is 11.8 Å². The number of methoxy groups -OCH3 is 1. The van der Waals surface area contributed by atoms with Crippen LogP contribution >= 0.6 is 0 Å². The summed E-state index contributed by atoms with van der Waals surface area (Å²) < 4.78 is 11.1. The first-order chi connectivity index (χ1) is 21.8. The van der Waals surface area contributed by atoms with Gasteiger partial charge in [0.1, 0.15) is 24.2 Å². The number of aromatic nitrogens is 1. The minimum absolute atomic E-state index is 0.0500. The van der Waals surface area contributed by atoms with Crippen molar-refractivity contribution in [1.29, 1.82) is 0 Å². The molecule has 1 saturated heterocycles. The maximum absolute atomic E-state index is 14.0. The molecule has 0 radical (unpaired) electrons. The van der Waals surface area contributed by atoms with Gasteiger partial charge in [0.05, 0.1) is 16.6 Å². The Morgan fingerprint density at radius 3 is 2.54 bits per heavy atom. The first kappa shape index (κ1) is 35.0. The lowest BCUT2D eigenvalue weighted by atomic mass is 9.89. The van der Waals surface area contributed by atoms with Crippen LogP contribution in [0.25, 0.3) is 17.0 Å². The van der Waals surface area contributed by atoms with Gasteiger partial charge in [-0.05, 0) is 76.0 Å². The molecule has 0 spiro atoms. The van der Waals surface area contributed by atoms with E-state index >= 15 is 0 Å². The van der Waals surface area contributed by atoms with E-state index in [9.17, 15) is 19.2 Å². The second kappa shape index (κ2) is 15.2.